The Morgan fingerprint density at radius 2 is 2.14 bits per heavy atom. The van der Waals surface area contributed by atoms with Crippen molar-refractivity contribution >= 4 is 5.69 Å². The van der Waals surface area contributed by atoms with Crippen LogP contribution in [0.25, 0.3) is 11.3 Å². The van der Waals surface area contributed by atoms with Gasteiger partial charge in [0.25, 0.3) is 11.2 Å². The lowest BCUT2D eigenvalue weighted by Crippen LogP contribution is -2.27. The SMILES string of the molecule is CC(C)Cn1nc(-c2cccc([N+](=O)[O-])c2)cc(C#N)c1=O. The van der Waals surface area contributed by atoms with Crippen molar-refractivity contribution in [3.05, 3.63) is 56.4 Å². The van der Waals surface area contributed by atoms with Crippen molar-refractivity contribution in [2.45, 2.75) is 20.4 Å². The summed E-state index contributed by atoms with van der Waals surface area (Å²) < 4.78 is 1.23. The highest BCUT2D eigenvalue weighted by atomic mass is 16.6. The molecule has 0 aliphatic rings. The van der Waals surface area contributed by atoms with Crippen molar-refractivity contribution in [2.24, 2.45) is 5.92 Å². The summed E-state index contributed by atoms with van der Waals surface area (Å²) in [5.41, 5.74) is 0.297. The van der Waals surface area contributed by atoms with E-state index in [9.17, 15) is 14.9 Å². The predicted molar refractivity (Wildman–Crippen MR) is 80.1 cm³/mol. The minimum atomic E-state index is -0.501. The van der Waals surface area contributed by atoms with Crippen molar-refractivity contribution in [1.29, 1.82) is 5.26 Å². The number of aromatic nitrogens is 2. The summed E-state index contributed by atoms with van der Waals surface area (Å²) in [6, 6.07) is 9.15. The maximum Gasteiger partial charge on any atom is 0.284 e. The Balaban J connectivity index is 2.61. The lowest BCUT2D eigenvalue weighted by atomic mass is 10.1. The average molecular weight is 298 g/mol. The molecule has 0 aliphatic heterocycles. The van der Waals surface area contributed by atoms with Crippen LogP contribution in [0, 0.1) is 27.4 Å². The van der Waals surface area contributed by atoms with E-state index in [1.165, 1.54) is 22.9 Å². The smallest absolute Gasteiger partial charge is 0.266 e. The topological polar surface area (TPSA) is 102 Å². The largest absolute Gasteiger partial charge is 0.284 e. The van der Waals surface area contributed by atoms with Gasteiger partial charge in [0.1, 0.15) is 11.6 Å². The molecule has 0 amide bonds. The maximum absolute atomic E-state index is 12.1. The van der Waals surface area contributed by atoms with E-state index in [0.717, 1.165) is 0 Å². The highest BCUT2D eigenvalue weighted by Gasteiger charge is 2.13. The molecule has 0 unspecified atom stereocenters. The predicted octanol–water partition coefficient (Wildman–Crippen LogP) is 2.35. The summed E-state index contributed by atoms with van der Waals surface area (Å²) in [4.78, 5) is 22.4. The van der Waals surface area contributed by atoms with Crippen molar-refractivity contribution in [1.82, 2.24) is 9.78 Å². The molecule has 1 aromatic carbocycles. The average Bonchev–Trinajstić information content (AvgIpc) is 2.49. The molecule has 0 radical (unpaired) electrons. The summed E-state index contributed by atoms with van der Waals surface area (Å²) in [6.45, 7) is 4.23. The molecule has 0 N–H and O–H groups in total. The van der Waals surface area contributed by atoms with Crippen LogP contribution in [0.5, 0.6) is 0 Å². The minimum Gasteiger partial charge on any atom is -0.266 e. The van der Waals surface area contributed by atoms with Gasteiger partial charge in [0.05, 0.1) is 10.6 Å². The highest BCUT2D eigenvalue weighted by Crippen LogP contribution is 2.22. The van der Waals surface area contributed by atoms with E-state index in [-0.39, 0.29) is 17.2 Å². The molecule has 0 bridgehead atoms. The van der Waals surface area contributed by atoms with Crippen LogP contribution < -0.4 is 5.56 Å². The molecule has 7 heteroatoms. The Hall–Kier alpha value is -3.01. The molecule has 7 nitrogen and oxygen atoms in total. The van der Waals surface area contributed by atoms with Crippen LogP contribution in [0.2, 0.25) is 0 Å². The van der Waals surface area contributed by atoms with E-state index in [0.29, 0.717) is 17.8 Å². The van der Waals surface area contributed by atoms with Crippen LogP contribution >= 0.6 is 0 Å². The number of hydrogen-bond donors (Lipinski definition) is 0. The Morgan fingerprint density at radius 1 is 1.41 bits per heavy atom. The standard InChI is InChI=1S/C15H14N4O3/c1-10(2)9-18-15(20)12(8-16)7-14(17-18)11-4-3-5-13(6-11)19(21)22/h3-7,10H,9H2,1-2H3. The third-order valence-corrected chi connectivity index (χ3v) is 2.99. The van der Waals surface area contributed by atoms with Gasteiger partial charge >= 0.3 is 0 Å². The van der Waals surface area contributed by atoms with Gasteiger partial charge in [-0.15, -0.1) is 0 Å². The van der Waals surface area contributed by atoms with Gasteiger partial charge in [-0.25, -0.2) is 4.68 Å². The molecule has 0 saturated heterocycles. The molecule has 0 atom stereocenters. The second kappa shape index (κ2) is 6.18. The summed E-state index contributed by atoms with van der Waals surface area (Å²) in [5, 5.41) is 24.2. The summed E-state index contributed by atoms with van der Waals surface area (Å²) in [6.07, 6.45) is 0. The summed E-state index contributed by atoms with van der Waals surface area (Å²) in [7, 11) is 0. The quantitative estimate of drug-likeness (QED) is 0.636. The van der Waals surface area contributed by atoms with Crippen LogP contribution in [-0.2, 0) is 6.54 Å². The number of non-ortho nitro benzene ring substituents is 1. The van der Waals surface area contributed by atoms with Crippen LogP contribution in [0.3, 0.4) is 0 Å². The molecule has 2 rings (SSSR count). The molecule has 0 aliphatic carbocycles. The van der Waals surface area contributed by atoms with Crippen LogP contribution in [-0.4, -0.2) is 14.7 Å². The van der Waals surface area contributed by atoms with E-state index in [4.69, 9.17) is 5.26 Å². The first kappa shape index (κ1) is 15.4. The fraction of sp³-hybridized carbons (Fsp3) is 0.267. The first-order valence-electron chi connectivity index (χ1n) is 6.69. The Labute approximate surface area is 126 Å². The molecular weight excluding hydrogens is 284 g/mol. The molecule has 0 spiro atoms. The van der Waals surface area contributed by atoms with Gasteiger partial charge in [-0.05, 0) is 12.0 Å². The molecule has 22 heavy (non-hydrogen) atoms. The number of hydrogen-bond acceptors (Lipinski definition) is 5. The maximum atomic E-state index is 12.1. The Morgan fingerprint density at radius 3 is 2.73 bits per heavy atom. The lowest BCUT2D eigenvalue weighted by Gasteiger charge is -2.10. The minimum absolute atomic E-state index is 0.0304. The fourth-order valence-electron chi connectivity index (χ4n) is 2.01. The summed E-state index contributed by atoms with van der Waals surface area (Å²) in [5.74, 6) is 0.178. The zero-order valence-electron chi connectivity index (χ0n) is 12.2. The van der Waals surface area contributed by atoms with Crippen molar-refractivity contribution in [2.75, 3.05) is 0 Å². The normalized spacial score (nSPS) is 10.5. The Bertz CT molecular complexity index is 818. The summed E-state index contributed by atoms with van der Waals surface area (Å²) >= 11 is 0. The van der Waals surface area contributed by atoms with E-state index >= 15 is 0 Å². The van der Waals surface area contributed by atoms with Crippen molar-refractivity contribution in [3.8, 4) is 17.3 Å². The molecule has 1 aromatic heterocycles. The van der Waals surface area contributed by atoms with Gasteiger partial charge in [-0.1, -0.05) is 26.0 Å². The van der Waals surface area contributed by atoms with E-state index < -0.39 is 10.5 Å². The molecule has 112 valence electrons. The van der Waals surface area contributed by atoms with Gasteiger partial charge in [0.15, 0.2) is 0 Å². The van der Waals surface area contributed by atoms with Gasteiger partial charge in [-0.2, -0.15) is 10.4 Å². The first-order valence-corrected chi connectivity index (χ1v) is 6.69. The van der Waals surface area contributed by atoms with E-state index in [1.807, 2.05) is 19.9 Å². The number of nitriles is 1. The first-order chi connectivity index (χ1) is 10.4. The monoisotopic (exact) mass is 298 g/mol. The van der Waals surface area contributed by atoms with Crippen LogP contribution in [0.1, 0.15) is 19.4 Å². The molecule has 1 heterocycles. The lowest BCUT2D eigenvalue weighted by molar-refractivity contribution is -0.384. The number of nitrogens with zero attached hydrogens (tertiary/aromatic N) is 4. The molecule has 0 fully saturated rings. The number of benzene rings is 1. The number of nitro groups is 1. The van der Waals surface area contributed by atoms with Crippen molar-refractivity contribution in [3.63, 3.8) is 0 Å². The zero-order chi connectivity index (χ0) is 16.3. The highest BCUT2D eigenvalue weighted by molar-refractivity contribution is 5.63. The number of nitro benzene ring substituents is 1. The van der Waals surface area contributed by atoms with Gasteiger partial charge in [0, 0.05) is 24.2 Å². The third-order valence-electron chi connectivity index (χ3n) is 2.99. The van der Waals surface area contributed by atoms with Crippen molar-refractivity contribution < 1.29 is 4.92 Å². The van der Waals surface area contributed by atoms with E-state index in [2.05, 4.69) is 5.10 Å². The molecule has 2 aromatic rings. The molecular formula is C15H14N4O3. The van der Waals surface area contributed by atoms with Gasteiger partial charge < -0.3 is 0 Å². The fourth-order valence-corrected chi connectivity index (χ4v) is 2.01. The van der Waals surface area contributed by atoms with Gasteiger partial charge in [0.2, 0.25) is 0 Å². The van der Waals surface area contributed by atoms with Gasteiger partial charge in [-0.3, -0.25) is 14.9 Å². The Kier molecular flexibility index (Phi) is 4.32. The second-order valence-electron chi connectivity index (χ2n) is 5.24. The van der Waals surface area contributed by atoms with E-state index in [1.54, 1.807) is 12.1 Å². The number of rotatable bonds is 4. The zero-order valence-corrected chi connectivity index (χ0v) is 12.2. The second-order valence-corrected chi connectivity index (χ2v) is 5.24. The molecule has 0 saturated carbocycles. The third kappa shape index (κ3) is 3.17. The van der Waals surface area contributed by atoms with Crippen LogP contribution in [0.4, 0.5) is 5.69 Å². The van der Waals surface area contributed by atoms with Crippen LogP contribution in [0.15, 0.2) is 35.1 Å².